The number of benzene rings is 2. The molecule has 1 N–H and O–H groups in total. The lowest BCUT2D eigenvalue weighted by Crippen LogP contribution is -2.16. The minimum Gasteiger partial charge on any atom is -0.489 e. The predicted octanol–water partition coefficient (Wildman–Crippen LogP) is 5.64. The van der Waals surface area contributed by atoms with Crippen LogP contribution >= 0.6 is 11.6 Å². The fraction of sp³-hybridized carbons (Fsp3) is 0.240. The standard InChI is InChI=1S/C25H25ClN4O3/c1-15-8-5-6-9-19(15)13-30-17(3)23(16(2)28-30)27-25(31)24-22(18(4)33-29-24)14-32-21-11-7-10-20(26)12-21/h5-12H,13-14H2,1-4H3,(H,27,31). The van der Waals surface area contributed by atoms with Gasteiger partial charge in [0.2, 0.25) is 0 Å². The van der Waals surface area contributed by atoms with Crippen molar-refractivity contribution in [1.29, 1.82) is 0 Å². The average Bonchev–Trinajstić information content (AvgIpc) is 3.28. The third-order valence-electron chi connectivity index (χ3n) is 5.58. The smallest absolute Gasteiger partial charge is 0.278 e. The number of nitrogens with zero attached hydrogens (tertiary/aromatic N) is 3. The van der Waals surface area contributed by atoms with Gasteiger partial charge in [0.05, 0.1) is 29.2 Å². The van der Waals surface area contributed by atoms with E-state index in [1.54, 1.807) is 31.2 Å². The molecule has 7 nitrogen and oxygen atoms in total. The fourth-order valence-electron chi connectivity index (χ4n) is 3.61. The summed E-state index contributed by atoms with van der Waals surface area (Å²) >= 11 is 6.02. The first-order valence-corrected chi connectivity index (χ1v) is 10.9. The van der Waals surface area contributed by atoms with Crippen LogP contribution in [-0.4, -0.2) is 20.8 Å². The van der Waals surface area contributed by atoms with Crippen LogP contribution in [0.15, 0.2) is 53.1 Å². The van der Waals surface area contributed by atoms with Gasteiger partial charge in [-0.3, -0.25) is 9.48 Å². The molecule has 0 radical (unpaired) electrons. The summed E-state index contributed by atoms with van der Waals surface area (Å²) in [5.41, 5.74) is 5.38. The highest BCUT2D eigenvalue weighted by Gasteiger charge is 2.23. The third-order valence-corrected chi connectivity index (χ3v) is 5.82. The molecule has 1 amide bonds. The molecule has 0 saturated carbocycles. The highest BCUT2D eigenvalue weighted by Crippen LogP contribution is 2.24. The van der Waals surface area contributed by atoms with E-state index in [-0.39, 0.29) is 18.2 Å². The Labute approximate surface area is 197 Å². The van der Waals surface area contributed by atoms with Gasteiger partial charge in [-0.2, -0.15) is 5.10 Å². The van der Waals surface area contributed by atoms with Crippen LogP contribution in [-0.2, 0) is 13.2 Å². The summed E-state index contributed by atoms with van der Waals surface area (Å²) in [6.07, 6.45) is 0. The van der Waals surface area contributed by atoms with Gasteiger partial charge in [-0.25, -0.2) is 0 Å². The van der Waals surface area contributed by atoms with Crippen LogP contribution in [0, 0.1) is 27.7 Å². The van der Waals surface area contributed by atoms with Crippen LogP contribution in [0.5, 0.6) is 5.75 Å². The second kappa shape index (κ2) is 9.50. The molecular formula is C25H25ClN4O3. The molecule has 0 atom stereocenters. The maximum absolute atomic E-state index is 13.1. The molecule has 2 aromatic carbocycles. The second-order valence-corrected chi connectivity index (χ2v) is 8.33. The van der Waals surface area contributed by atoms with E-state index in [0.29, 0.717) is 34.3 Å². The molecule has 2 heterocycles. The van der Waals surface area contributed by atoms with Crippen molar-refractivity contribution in [2.24, 2.45) is 0 Å². The summed E-state index contributed by atoms with van der Waals surface area (Å²) in [5.74, 6) is 0.739. The summed E-state index contributed by atoms with van der Waals surface area (Å²) in [7, 11) is 0. The molecule has 0 saturated heterocycles. The first-order chi connectivity index (χ1) is 15.8. The van der Waals surface area contributed by atoms with Gasteiger partial charge < -0.3 is 14.6 Å². The molecule has 0 fully saturated rings. The summed E-state index contributed by atoms with van der Waals surface area (Å²) < 4.78 is 13.0. The Balaban J connectivity index is 1.52. The number of aryl methyl sites for hydroxylation is 3. The highest BCUT2D eigenvalue weighted by atomic mass is 35.5. The summed E-state index contributed by atoms with van der Waals surface area (Å²) in [4.78, 5) is 13.1. The minimum atomic E-state index is -0.377. The van der Waals surface area contributed by atoms with Crippen LogP contribution in [0.3, 0.4) is 0 Å². The van der Waals surface area contributed by atoms with Crippen LogP contribution in [0.1, 0.15) is 44.3 Å². The van der Waals surface area contributed by atoms with E-state index in [9.17, 15) is 4.79 Å². The largest absolute Gasteiger partial charge is 0.489 e. The number of aromatic nitrogens is 3. The zero-order chi connectivity index (χ0) is 23.5. The van der Waals surface area contributed by atoms with E-state index in [4.69, 9.17) is 20.9 Å². The number of halogens is 1. The minimum absolute atomic E-state index is 0.128. The van der Waals surface area contributed by atoms with Gasteiger partial charge in [0, 0.05) is 5.02 Å². The summed E-state index contributed by atoms with van der Waals surface area (Å²) in [5, 5.41) is 12.1. The van der Waals surface area contributed by atoms with Crippen molar-refractivity contribution in [3.8, 4) is 5.75 Å². The number of ether oxygens (including phenoxy) is 1. The lowest BCUT2D eigenvalue weighted by atomic mass is 10.1. The normalized spacial score (nSPS) is 10.9. The predicted molar refractivity (Wildman–Crippen MR) is 127 cm³/mol. The molecule has 4 rings (SSSR count). The molecule has 4 aromatic rings. The Morgan fingerprint density at radius 3 is 2.67 bits per heavy atom. The van der Waals surface area contributed by atoms with E-state index in [2.05, 4.69) is 34.6 Å². The molecule has 170 valence electrons. The van der Waals surface area contributed by atoms with E-state index < -0.39 is 0 Å². The molecule has 0 aliphatic heterocycles. The number of amides is 1. The average molecular weight is 465 g/mol. The van der Waals surface area contributed by atoms with Crippen molar-refractivity contribution in [3.05, 3.63) is 93.1 Å². The number of rotatable bonds is 7. The van der Waals surface area contributed by atoms with Gasteiger partial charge in [0.25, 0.3) is 5.91 Å². The number of anilines is 1. The number of carbonyl (C=O) groups excluding carboxylic acids is 1. The van der Waals surface area contributed by atoms with Gasteiger partial charge in [0.15, 0.2) is 5.69 Å². The van der Waals surface area contributed by atoms with E-state index >= 15 is 0 Å². The lowest BCUT2D eigenvalue weighted by molar-refractivity contribution is 0.101. The first-order valence-electron chi connectivity index (χ1n) is 10.6. The van der Waals surface area contributed by atoms with Crippen molar-refractivity contribution in [3.63, 3.8) is 0 Å². The molecule has 8 heteroatoms. The van der Waals surface area contributed by atoms with E-state index in [0.717, 1.165) is 11.4 Å². The van der Waals surface area contributed by atoms with Gasteiger partial charge in [0.1, 0.15) is 18.1 Å². The van der Waals surface area contributed by atoms with Crippen molar-refractivity contribution >= 4 is 23.2 Å². The molecular weight excluding hydrogens is 440 g/mol. The second-order valence-electron chi connectivity index (χ2n) is 7.90. The molecule has 0 unspecified atom stereocenters. The van der Waals surface area contributed by atoms with Crippen molar-refractivity contribution in [2.45, 2.75) is 40.8 Å². The van der Waals surface area contributed by atoms with Crippen LogP contribution < -0.4 is 10.1 Å². The van der Waals surface area contributed by atoms with Crippen LogP contribution in [0.2, 0.25) is 5.02 Å². The molecule has 2 aromatic heterocycles. The monoisotopic (exact) mass is 464 g/mol. The molecule has 33 heavy (non-hydrogen) atoms. The summed E-state index contributed by atoms with van der Waals surface area (Å²) in [6.45, 7) is 8.38. The number of hydrogen-bond donors (Lipinski definition) is 1. The van der Waals surface area contributed by atoms with E-state index in [1.165, 1.54) is 11.1 Å². The van der Waals surface area contributed by atoms with Crippen molar-refractivity contribution < 1.29 is 14.1 Å². The van der Waals surface area contributed by atoms with Gasteiger partial charge >= 0.3 is 0 Å². The fourth-order valence-corrected chi connectivity index (χ4v) is 3.79. The van der Waals surface area contributed by atoms with E-state index in [1.807, 2.05) is 30.7 Å². The Morgan fingerprint density at radius 2 is 1.91 bits per heavy atom. The lowest BCUT2D eigenvalue weighted by Gasteiger charge is -2.09. The zero-order valence-electron chi connectivity index (χ0n) is 19.0. The Kier molecular flexibility index (Phi) is 6.51. The maximum atomic E-state index is 13.1. The summed E-state index contributed by atoms with van der Waals surface area (Å²) in [6, 6.07) is 15.2. The number of nitrogens with one attached hydrogen (secondary N) is 1. The third kappa shape index (κ3) is 4.93. The molecule has 0 aliphatic carbocycles. The SMILES string of the molecule is Cc1ccccc1Cn1nc(C)c(NC(=O)c2noc(C)c2COc2cccc(Cl)c2)c1C. The first kappa shape index (κ1) is 22.6. The molecule has 0 bridgehead atoms. The Morgan fingerprint density at radius 1 is 1.12 bits per heavy atom. The molecule has 0 aliphatic rings. The number of hydrogen-bond acceptors (Lipinski definition) is 5. The van der Waals surface area contributed by atoms with Crippen LogP contribution in [0.4, 0.5) is 5.69 Å². The van der Waals surface area contributed by atoms with Gasteiger partial charge in [-0.1, -0.05) is 47.1 Å². The maximum Gasteiger partial charge on any atom is 0.278 e. The van der Waals surface area contributed by atoms with Gasteiger partial charge in [-0.05, 0) is 57.0 Å². The highest BCUT2D eigenvalue weighted by molar-refractivity contribution is 6.30. The zero-order valence-corrected chi connectivity index (χ0v) is 19.7. The quantitative estimate of drug-likeness (QED) is 0.383. The molecule has 0 spiro atoms. The Bertz CT molecular complexity index is 1310. The van der Waals surface area contributed by atoms with Crippen molar-refractivity contribution in [1.82, 2.24) is 14.9 Å². The number of carbonyl (C=O) groups is 1. The Hall–Kier alpha value is -3.58. The van der Waals surface area contributed by atoms with Gasteiger partial charge in [-0.15, -0.1) is 0 Å². The topological polar surface area (TPSA) is 82.2 Å². The van der Waals surface area contributed by atoms with Crippen LogP contribution in [0.25, 0.3) is 0 Å². The van der Waals surface area contributed by atoms with Crippen molar-refractivity contribution in [2.75, 3.05) is 5.32 Å².